The highest BCUT2D eigenvalue weighted by molar-refractivity contribution is 5.44. The Hall–Kier alpha value is -1.57. The maximum absolute atomic E-state index is 12.4. The number of hydrogen-bond acceptors (Lipinski definition) is 5. The van der Waals surface area contributed by atoms with Crippen LogP contribution in [0.1, 0.15) is 25.1 Å². The van der Waals surface area contributed by atoms with Gasteiger partial charge in [0.25, 0.3) is 0 Å². The summed E-state index contributed by atoms with van der Waals surface area (Å²) in [6.07, 6.45) is -2.42. The van der Waals surface area contributed by atoms with E-state index in [-0.39, 0.29) is 18.2 Å². The first-order valence-corrected chi connectivity index (χ1v) is 5.50. The van der Waals surface area contributed by atoms with E-state index >= 15 is 0 Å². The SMILES string of the molecule is Nc1cc(NCCCCCO)nc(C(F)(F)F)n1. The van der Waals surface area contributed by atoms with Crippen LogP contribution in [0.2, 0.25) is 0 Å². The summed E-state index contributed by atoms with van der Waals surface area (Å²) in [5, 5.41) is 11.3. The number of aromatic nitrogens is 2. The largest absolute Gasteiger partial charge is 0.451 e. The molecule has 8 heteroatoms. The van der Waals surface area contributed by atoms with Crippen molar-refractivity contribution < 1.29 is 18.3 Å². The molecule has 1 rings (SSSR count). The van der Waals surface area contributed by atoms with Crippen LogP contribution in [0.5, 0.6) is 0 Å². The number of nitrogens with one attached hydrogen (secondary N) is 1. The zero-order chi connectivity index (χ0) is 13.6. The Morgan fingerprint density at radius 3 is 2.56 bits per heavy atom. The Bertz CT molecular complexity index is 384. The van der Waals surface area contributed by atoms with Crippen molar-refractivity contribution in [2.24, 2.45) is 0 Å². The molecule has 1 heterocycles. The van der Waals surface area contributed by atoms with Crippen molar-refractivity contribution in [2.75, 3.05) is 24.2 Å². The lowest BCUT2D eigenvalue weighted by atomic mass is 10.2. The first-order chi connectivity index (χ1) is 8.43. The number of rotatable bonds is 6. The van der Waals surface area contributed by atoms with Crippen LogP contribution in [-0.4, -0.2) is 28.2 Å². The zero-order valence-corrected chi connectivity index (χ0v) is 9.67. The predicted molar refractivity (Wildman–Crippen MR) is 60.9 cm³/mol. The van der Waals surface area contributed by atoms with E-state index < -0.39 is 12.0 Å². The van der Waals surface area contributed by atoms with E-state index in [9.17, 15) is 13.2 Å². The summed E-state index contributed by atoms with van der Waals surface area (Å²) in [5.74, 6) is -1.42. The van der Waals surface area contributed by atoms with Crippen molar-refractivity contribution >= 4 is 11.6 Å². The predicted octanol–water partition coefficient (Wildman–Crippen LogP) is 1.65. The maximum atomic E-state index is 12.4. The highest BCUT2D eigenvalue weighted by atomic mass is 19.4. The minimum absolute atomic E-state index is 0.0545. The van der Waals surface area contributed by atoms with Gasteiger partial charge in [-0.1, -0.05) is 0 Å². The smallest absolute Gasteiger partial charge is 0.396 e. The third-order valence-corrected chi connectivity index (χ3v) is 2.14. The monoisotopic (exact) mass is 264 g/mol. The number of halogens is 3. The van der Waals surface area contributed by atoms with Gasteiger partial charge in [-0.05, 0) is 19.3 Å². The van der Waals surface area contributed by atoms with Crippen molar-refractivity contribution in [3.63, 3.8) is 0 Å². The molecule has 0 aliphatic heterocycles. The standard InChI is InChI=1S/C10H15F3N4O/c11-10(12,13)9-16-7(14)6-8(17-9)15-4-2-1-3-5-18/h6,18H,1-5H2,(H3,14,15,16,17). The molecule has 18 heavy (non-hydrogen) atoms. The van der Waals surface area contributed by atoms with Gasteiger partial charge in [0.05, 0.1) is 0 Å². The molecule has 4 N–H and O–H groups in total. The molecule has 5 nitrogen and oxygen atoms in total. The Kier molecular flexibility index (Phi) is 5.14. The van der Waals surface area contributed by atoms with Gasteiger partial charge in [-0.2, -0.15) is 13.2 Å². The number of nitrogens with zero attached hydrogens (tertiary/aromatic N) is 2. The average molecular weight is 264 g/mol. The van der Waals surface area contributed by atoms with Gasteiger partial charge in [0, 0.05) is 19.2 Å². The number of unbranched alkanes of at least 4 members (excludes halogenated alkanes) is 2. The molecule has 0 aromatic carbocycles. The molecule has 0 aliphatic carbocycles. The van der Waals surface area contributed by atoms with Crippen molar-refractivity contribution in [3.05, 3.63) is 11.9 Å². The number of aliphatic hydroxyl groups excluding tert-OH is 1. The van der Waals surface area contributed by atoms with Gasteiger partial charge in [0.1, 0.15) is 11.6 Å². The number of aliphatic hydroxyl groups is 1. The summed E-state index contributed by atoms with van der Waals surface area (Å²) in [4.78, 5) is 6.48. The molecule has 0 unspecified atom stereocenters. The van der Waals surface area contributed by atoms with E-state index in [0.29, 0.717) is 13.0 Å². The first-order valence-electron chi connectivity index (χ1n) is 5.50. The highest BCUT2D eigenvalue weighted by Crippen LogP contribution is 2.27. The fourth-order valence-corrected chi connectivity index (χ4v) is 1.31. The molecule has 0 spiro atoms. The molecular formula is C10H15F3N4O. The number of nitrogen functional groups attached to an aromatic ring is 1. The number of anilines is 2. The fourth-order valence-electron chi connectivity index (χ4n) is 1.31. The van der Waals surface area contributed by atoms with Crippen molar-refractivity contribution in [1.29, 1.82) is 0 Å². The van der Waals surface area contributed by atoms with Crippen molar-refractivity contribution in [1.82, 2.24) is 9.97 Å². The summed E-state index contributed by atoms with van der Waals surface area (Å²) in [6.45, 7) is 0.576. The number of hydrogen-bond donors (Lipinski definition) is 3. The van der Waals surface area contributed by atoms with Crippen molar-refractivity contribution in [3.8, 4) is 0 Å². The normalized spacial score (nSPS) is 11.6. The van der Waals surface area contributed by atoms with Crippen LogP contribution in [0.15, 0.2) is 6.07 Å². The van der Waals surface area contributed by atoms with Gasteiger partial charge in [-0.15, -0.1) is 0 Å². The van der Waals surface area contributed by atoms with E-state index in [4.69, 9.17) is 10.8 Å². The number of nitrogens with two attached hydrogens (primary N) is 1. The second-order valence-electron chi connectivity index (χ2n) is 3.71. The molecular weight excluding hydrogens is 249 g/mol. The second kappa shape index (κ2) is 6.39. The molecule has 0 radical (unpaired) electrons. The molecule has 0 atom stereocenters. The van der Waals surface area contributed by atoms with Crippen molar-refractivity contribution in [2.45, 2.75) is 25.4 Å². The van der Waals surface area contributed by atoms with Gasteiger partial charge in [0.15, 0.2) is 0 Å². The molecule has 0 saturated heterocycles. The lowest BCUT2D eigenvalue weighted by molar-refractivity contribution is -0.144. The van der Waals surface area contributed by atoms with Gasteiger partial charge in [0.2, 0.25) is 5.82 Å². The summed E-state index contributed by atoms with van der Waals surface area (Å²) in [7, 11) is 0. The Labute approximate surface area is 102 Å². The minimum atomic E-state index is -4.61. The van der Waals surface area contributed by atoms with Crippen LogP contribution < -0.4 is 11.1 Å². The highest BCUT2D eigenvalue weighted by Gasteiger charge is 2.35. The molecule has 0 saturated carbocycles. The second-order valence-corrected chi connectivity index (χ2v) is 3.71. The van der Waals surface area contributed by atoms with Crippen LogP contribution in [0.3, 0.4) is 0 Å². The van der Waals surface area contributed by atoms with Crippen LogP contribution in [-0.2, 0) is 6.18 Å². The summed E-state index contributed by atoms with van der Waals surface area (Å²) in [6, 6.07) is 1.25. The maximum Gasteiger partial charge on any atom is 0.451 e. The molecule has 1 aromatic heterocycles. The Morgan fingerprint density at radius 1 is 1.22 bits per heavy atom. The first kappa shape index (κ1) is 14.5. The molecule has 0 amide bonds. The molecule has 0 fully saturated rings. The number of alkyl halides is 3. The van der Waals surface area contributed by atoms with E-state index in [0.717, 1.165) is 12.8 Å². The molecule has 1 aromatic rings. The van der Waals surface area contributed by atoms with Crippen LogP contribution >= 0.6 is 0 Å². The lowest BCUT2D eigenvalue weighted by Gasteiger charge is -2.09. The van der Waals surface area contributed by atoms with E-state index in [1.165, 1.54) is 6.07 Å². The van der Waals surface area contributed by atoms with Gasteiger partial charge < -0.3 is 16.2 Å². The van der Waals surface area contributed by atoms with E-state index in [2.05, 4.69) is 15.3 Å². The summed E-state index contributed by atoms with van der Waals surface area (Å²) >= 11 is 0. The van der Waals surface area contributed by atoms with Crippen LogP contribution in [0.25, 0.3) is 0 Å². The minimum Gasteiger partial charge on any atom is -0.396 e. The third kappa shape index (κ3) is 4.74. The third-order valence-electron chi connectivity index (χ3n) is 2.14. The molecule has 0 aliphatic rings. The molecule has 0 bridgehead atoms. The topological polar surface area (TPSA) is 84.1 Å². The van der Waals surface area contributed by atoms with Gasteiger partial charge in [-0.3, -0.25) is 0 Å². The Morgan fingerprint density at radius 2 is 1.94 bits per heavy atom. The molecule has 102 valence electrons. The summed E-state index contributed by atoms with van der Waals surface area (Å²) in [5.41, 5.74) is 5.28. The zero-order valence-electron chi connectivity index (χ0n) is 9.67. The fraction of sp³-hybridized carbons (Fsp3) is 0.600. The van der Waals surface area contributed by atoms with Crippen LogP contribution in [0.4, 0.5) is 24.8 Å². The van der Waals surface area contributed by atoms with Gasteiger partial charge >= 0.3 is 6.18 Å². The summed E-state index contributed by atoms with van der Waals surface area (Å²) < 4.78 is 37.2. The van der Waals surface area contributed by atoms with Crippen LogP contribution in [0, 0.1) is 0 Å². The Balaban J connectivity index is 2.58. The van der Waals surface area contributed by atoms with Gasteiger partial charge in [-0.25, -0.2) is 9.97 Å². The lowest BCUT2D eigenvalue weighted by Crippen LogP contribution is -2.15. The van der Waals surface area contributed by atoms with E-state index in [1.807, 2.05) is 0 Å². The average Bonchev–Trinajstić information content (AvgIpc) is 2.27. The van der Waals surface area contributed by atoms with E-state index in [1.54, 1.807) is 0 Å². The quantitative estimate of drug-likeness (QED) is 0.680.